The lowest BCUT2D eigenvalue weighted by molar-refractivity contribution is -0.284. The van der Waals surface area contributed by atoms with E-state index in [-0.39, 0.29) is 5.54 Å². The van der Waals surface area contributed by atoms with Crippen molar-refractivity contribution in [1.29, 1.82) is 0 Å². The van der Waals surface area contributed by atoms with Crippen molar-refractivity contribution in [3.05, 3.63) is 24.3 Å². The lowest BCUT2D eigenvalue weighted by Crippen LogP contribution is -2.63. The van der Waals surface area contributed by atoms with E-state index < -0.39 is 5.79 Å². The van der Waals surface area contributed by atoms with Crippen LogP contribution < -0.4 is 5.32 Å². The molecule has 2 rings (SSSR count). The number of methoxy groups -OCH3 is 2. The van der Waals surface area contributed by atoms with Gasteiger partial charge in [0.2, 0.25) is 0 Å². The molecule has 0 radical (unpaired) electrons. The van der Waals surface area contributed by atoms with Crippen LogP contribution in [-0.4, -0.2) is 37.0 Å². The first-order valence-electron chi connectivity index (χ1n) is 5.27. The number of hydrogen-bond acceptors (Lipinski definition) is 5. The van der Waals surface area contributed by atoms with Gasteiger partial charge in [-0.1, -0.05) is 0 Å². The highest BCUT2D eigenvalue weighted by Crippen LogP contribution is 2.49. The number of rotatable bonds is 4. The molecule has 0 aliphatic heterocycles. The topological polar surface area (TPSA) is 56.3 Å². The van der Waals surface area contributed by atoms with Crippen molar-refractivity contribution in [2.75, 3.05) is 21.3 Å². The molecule has 0 spiro atoms. The molecule has 0 atom stereocenters. The minimum absolute atomic E-state index is 0.229. The predicted octanol–water partition coefficient (Wildman–Crippen LogP) is 0.674. The molecule has 0 aromatic carbocycles. The van der Waals surface area contributed by atoms with Gasteiger partial charge < -0.3 is 14.8 Å². The Morgan fingerprint density at radius 3 is 2.19 bits per heavy atom. The van der Waals surface area contributed by atoms with Crippen molar-refractivity contribution < 1.29 is 9.47 Å². The normalized spacial score (nSPS) is 21.4. The predicted molar refractivity (Wildman–Crippen MR) is 58.8 cm³/mol. The summed E-state index contributed by atoms with van der Waals surface area (Å²) in [5, 5.41) is 3.27. The SMILES string of the molecule is CNC1(c2ncccn2)CC(OC)(OC)C1. The fraction of sp³-hybridized carbons (Fsp3) is 0.636. The molecule has 1 heterocycles. The Hall–Kier alpha value is -1.04. The Labute approximate surface area is 95.2 Å². The summed E-state index contributed by atoms with van der Waals surface area (Å²) in [4.78, 5) is 8.59. The van der Waals surface area contributed by atoms with Gasteiger partial charge in [0.25, 0.3) is 0 Å². The summed E-state index contributed by atoms with van der Waals surface area (Å²) >= 11 is 0. The first-order chi connectivity index (χ1) is 7.70. The highest BCUT2D eigenvalue weighted by Gasteiger charge is 2.57. The van der Waals surface area contributed by atoms with E-state index in [1.54, 1.807) is 26.6 Å². The van der Waals surface area contributed by atoms with E-state index in [1.165, 1.54) is 0 Å². The molecule has 0 bridgehead atoms. The maximum absolute atomic E-state index is 5.38. The molecular weight excluding hydrogens is 206 g/mol. The summed E-state index contributed by atoms with van der Waals surface area (Å²) < 4.78 is 10.8. The van der Waals surface area contributed by atoms with Gasteiger partial charge in [-0.3, -0.25) is 0 Å². The molecule has 1 aromatic rings. The molecule has 0 unspecified atom stereocenters. The summed E-state index contributed by atoms with van der Waals surface area (Å²) in [6.45, 7) is 0. The molecule has 5 heteroatoms. The number of nitrogens with zero attached hydrogens (tertiary/aromatic N) is 2. The maximum Gasteiger partial charge on any atom is 0.171 e. The first kappa shape index (κ1) is 11.4. The average molecular weight is 223 g/mol. The van der Waals surface area contributed by atoms with E-state index >= 15 is 0 Å². The van der Waals surface area contributed by atoms with Gasteiger partial charge >= 0.3 is 0 Å². The smallest absolute Gasteiger partial charge is 0.171 e. The van der Waals surface area contributed by atoms with E-state index in [1.807, 2.05) is 13.1 Å². The molecule has 1 fully saturated rings. The Bertz CT molecular complexity index is 344. The van der Waals surface area contributed by atoms with Gasteiger partial charge in [-0.2, -0.15) is 0 Å². The fourth-order valence-corrected chi connectivity index (χ4v) is 2.23. The highest BCUT2D eigenvalue weighted by atomic mass is 16.7. The first-order valence-corrected chi connectivity index (χ1v) is 5.27. The van der Waals surface area contributed by atoms with Crippen molar-refractivity contribution in [3.63, 3.8) is 0 Å². The van der Waals surface area contributed by atoms with E-state index in [0.29, 0.717) is 12.8 Å². The third kappa shape index (κ3) is 1.61. The molecule has 1 aromatic heterocycles. The standard InChI is InChI=1S/C11H17N3O2/c1-12-10(9-13-5-4-6-14-9)7-11(8-10,15-2)16-3/h4-6,12H,7-8H2,1-3H3. The highest BCUT2D eigenvalue weighted by molar-refractivity contribution is 5.16. The van der Waals surface area contributed by atoms with E-state index in [4.69, 9.17) is 9.47 Å². The van der Waals surface area contributed by atoms with Crippen LogP contribution in [0, 0.1) is 0 Å². The summed E-state index contributed by atoms with van der Waals surface area (Å²) in [7, 11) is 5.23. The Kier molecular flexibility index (Phi) is 2.92. The van der Waals surface area contributed by atoms with Crippen molar-refractivity contribution >= 4 is 0 Å². The average Bonchev–Trinajstić information content (AvgIpc) is 2.31. The second-order valence-corrected chi connectivity index (χ2v) is 4.08. The fourth-order valence-electron chi connectivity index (χ4n) is 2.23. The van der Waals surface area contributed by atoms with Crippen LogP contribution in [0.15, 0.2) is 18.5 Å². The van der Waals surface area contributed by atoms with Gasteiger partial charge in [-0.05, 0) is 13.1 Å². The minimum Gasteiger partial charge on any atom is -0.353 e. The van der Waals surface area contributed by atoms with Crippen molar-refractivity contribution in [2.45, 2.75) is 24.2 Å². The Balaban J connectivity index is 2.20. The zero-order valence-corrected chi connectivity index (χ0v) is 9.86. The third-order valence-electron chi connectivity index (χ3n) is 3.36. The summed E-state index contributed by atoms with van der Waals surface area (Å²) in [6.07, 6.45) is 4.93. The van der Waals surface area contributed by atoms with Gasteiger partial charge in [-0.25, -0.2) is 9.97 Å². The van der Waals surface area contributed by atoms with Gasteiger partial charge in [0.15, 0.2) is 5.79 Å². The molecule has 0 saturated heterocycles. The molecular formula is C11H17N3O2. The summed E-state index contributed by atoms with van der Waals surface area (Å²) in [5.74, 6) is 0.296. The number of nitrogens with one attached hydrogen (secondary N) is 1. The zero-order chi connectivity index (χ0) is 11.6. The maximum atomic E-state index is 5.38. The zero-order valence-electron chi connectivity index (χ0n) is 9.86. The molecule has 0 amide bonds. The minimum atomic E-state index is -0.498. The lowest BCUT2D eigenvalue weighted by atomic mass is 9.70. The number of aromatic nitrogens is 2. The van der Waals surface area contributed by atoms with Crippen molar-refractivity contribution in [1.82, 2.24) is 15.3 Å². The van der Waals surface area contributed by atoms with Gasteiger partial charge in [-0.15, -0.1) is 0 Å². The largest absolute Gasteiger partial charge is 0.353 e. The molecule has 1 N–H and O–H groups in total. The monoisotopic (exact) mass is 223 g/mol. The van der Waals surface area contributed by atoms with E-state index in [2.05, 4.69) is 15.3 Å². The van der Waals surface area contributed by atoms with Crippen LogP contribution in [0.3, 0.4) is 0 Å². The second kappa shape index (κ2) is 4.08. The van der Waals surface area contributed by atoms with Gasteiger partial charge in [0, 0.05) is 39.5 Å². The van der Waals surface area contributed by atoms with Crippen LogP contribution in [0.2, 0.25) is 0 Å². The summed E-state index contributed by atoms with van der Waals surface area (Å²) in [5.41, 5.74) is -0.229. The van der Waals surface area contributed by atoms with Crippen LogP contribution >= 0.6 is 0 Å². The van der Waals surface area contributed by atoms with Crippen LogP contribution in [0.1, 0.15) is 18.7 Å². The number of hydrogen-bond donors (Lipinski definition) is 1. The van der Waals surface area contributed by atoms with Crippen molar-refractivity contribution in [3.8, 4) is 0 Å². The molecule has 1 aliphatic carbocycles. The molecule has 5 nitrogen and oxygen atoms in total. The van der Waals surface area contributed by atoms with Crippen LogP contribution in [0.4, 0.5) is 0 Å². The van der Waals surface area contributed by atoms with Crippen LogP contribution in [0.25, 0.3) is 0 Å². The Morgan fingerprint density at radius 1 is 1.19 bits per heavy atom. The second-order valence-electron chi connectivity index (χ2n) is 4.08. The molecule has 1 aliphatic rings. The van der Waals surface area contributed by atoms with Crippen molar-refractivity contribution in [2.24, 2.45) is 0 Å². The lowest BCUT2D eigenvalue weighted by Gasteiger charge is -2.52. The van der Waals surface area contributed by atoms with Crippen LogP contribution in [0.5, 0.6) is 0 Å². The Morgan fingerprint density at radius 2 is 1.75 bits per heavy atom. The molecule has 88 valence electrons. The van der Waals surface area contributed by atoms with Gasteiger partial charge in [0.05, 0.1) is 5.54 Å². The van der Waals surface area contributed by atoms with E-state index in [0.717, 1.165) is 5.82 Å². The van der Waals surface area contributed by atoms with Crippen LogP contribution in [-0.2, 0) is 15.0 Å². The van der Waals surface area contributed by atoms with Gasteiger partial charge in [0.1, 0.15) is 5.82 Å². The summed E-state index contributed by atoms with van der Waals surface area (Å²) in [6, 6.07) is 1.81. The quantitative estimate of drug-likeness (QED) is 0.760. The molecule has 16 heavy (non-hydrogen) atoms. The molecule has 1 saturated carbocycles. The third-order valence-corrected chi connectivity index (χ3v) is 3.36. The van der Waals surface area contributed by atoms with E-state index in [9.17, 15) is 0 Å². The number of ether oxygens (including phenoxy) is 2.